The highest BCUT2D eigenvalue weighted by Crippen LogP contribution is 2.71. The maximum absolute atomic E-state index is 12.6. The molecule has 11 rings (SSSR count). The van der Waals surface area contributed by atoms with Crippen LogP contribution in [0, 0.1) is 110 Å². The summed E-state index contributed by atoms with van der Waals surface area (Å²) in [6, 6.07) is 0.317. The summed E-state index contributed by atoms with van der Waals surface area (Å²) in [5, 5.41) is 55.5. The average Bonchev–Trinajstić information content (AvgIpc) is 3.47. The van der Waals surface area contributed by atoms with E-state index in [0.29, 0.717) is 126 Å². The molecule has 79 heavy (non-hydrogen) atoms. The molecule has 450 valence electrons. The van der Waals surface area contributed by atoms with Gasteiger partial charge in [0.25, 0.3) is 0 Å². The van der Waals surface area contributed by atoms with Crippen LogP contribution in [0.1, 0.15) is 204 Å². The number of hydrogen-bond acceptors (Lipinski definition) is 11. The summed E-state index contributed by atoms with van der Waals surface area (Å²) in [5.74, 6) is 8.20. The zero-order valence-corrected chi connectivity index (χ0v) is 50.8. The number of nitrogens with one attached hydrogen (secondary N) is 1. The molecule has 13 heteroatoms. The number of fused-ring (bicyclic) bond motifs is 10. The van der Waals surface area contributed by atoms with Crippen molar-refractivity contribution in [2.75, 3.05) is 39.5 Å². The fraction of sp³-hybridized carbons (Fsp3) is 0.924. The number of imidazole rings is 1. The molecule has 8 saturated carbocycles. The fourth-order valence-corrected chi connectivity index (χ4v) is 21.9. The van der Waals surface area contributed by atoms with Crippen LogP contribution in [0.2, 0.25) is 0 Å². The van der Waals surface area contributed by atoms with E-state index in [0.717, 1.165) is 76.7 Å². The third-order valence-electron chi connectivity index (χ3n) is 26.1. The van der Waals surface area contributed by atoms with Gasteiger partial charge in [0.1, 0.15) is 6.33 Å². The molecule has 10 fully saturated rings. The zero-order valence-electron chi connectivity index (χ0n) is 50.8. The van der Waals surface area contributed by atoms with E-state index in [-0.39, 0.29) is 54.0 Å². The van der Waals surface area contributed by atoms with E-state index in [9.17, 15) is 30.0 Å². The average molecular weight is 1110 g/mol. The molecule has 13 nitrogen and oxygen atoms in total. The number of aliphatic hydroxyl groups is 5. The molecular formula is C66H112N4O9. The van der Waals surface area contributed by atoms with Gasteiger partial charge < -0.3 is 45.2 Å². The molecule has 3 heterocycles. The molecule has 6 N–H and O–H groups in total. The van der Waals surface area contributed by atoms with Gasteiger partial charge in [0.05, 0.1) is 50.8 Å². The minimum Gasteiger partial charge on any atom is -0.449 e. The number of aliphatic hydroxyl groups excluding tert-OH is 5. The number of amides is 1. The molecule has 0 bridgehead atoms. The minimum atomic E-state index is -0.341. The number of likely N-dealkylation sites (tertiary alicyclic amines) is 1. The second-order valence-electron chi connectivity index (χ2n) is 29.6. The van der Waals surface area contributed by atoms with Crippen LogP contribution in [0.5, 0.6) is 0 Å². The zero-order chi connectivity index (χ0) is 56.6. The van der Waals surface area contributed by atoms with Crippen molar-refractivity contribution in [3.05, 3.63) is 18.7 Å². The van der Waals surface area contributed by atoms with Gasteiger partial charge in [-0.25, -0.2) is 19.1 Å². The maximum atomic E-state index is 12.6. The Morgan fingerprint density at radius 3 is 1.67 bits per heavy atom. The van der Waals surface area contributed by atoms with Gasteiger partial charge in [-0.05, 0) is 239 Å². The van der Waals surface area contributed by atoms with Crippen molar-refractivity contribution >= 4 is 12.2 Å². The smallest absolute Gasteiger partial charge is 0.419 e. The topological polar surface area (TPSA) is 187 Å². The Labute approximate surface area is 477 Å². The number of rotatable bonds is 12. The maximum Gasteiger partial charge on any atom is 0.419 e. The first kappa shape index (κ1) is 61.3. The van der Waals surface area contributed by atoms with Crippen molar-refractivity contribution in [2.24, 2.45) is 110 Å². The van der Waals surface area contributed by atoms with Crippen molar-refractivity contribution in [1.82, 2.24) is 19.8 Å². The van der Waals surface area contributed by atoms with Crippen LogP contribution in [-0.4, -0.2) is 122 Å². The Kier molecular flexibility index (Phi) is 19.8. The predicted octanol–water partition coefficient (Wildman–Crippen LogP) is 11.8. The van der Waals surface area contributed by atoms with Crippen LogP contribution < -0.4 is 5.32 Å². The second-order valence-corrected chi connectivity index (χ2v) is 29.6. The molecule has 0 spiro atoms. The summed E-state index contributed by atoms with van der Waals surface area (Å²) in [6.45, 7) is 24.9. The van der Waals surface area contributed by atoms with E-state index in [4.69, 9.17) is 14.6 Å². The third kappa shape index (κ3) is 11.7. The molecule has 0 radical (unpaired) electrons. The van der Waals surface area contributed by atoms with E-state index < -0.39 is 0 Å². The lowest BCUT2D eigenvalue weighted by Crippen LogP contribution is -2.62. The van der Waals surface area contributed by atoms with Gasteiger partial charge >= 0.3 is 12.2 Å². The lowest BCUT2D eigenvalue weighted by molar-refractivity contribution is -0.203. The van der Waals surface area contributed by atoms with Gasteiger partial charge in [0.15, 0.2) is 0 Å². The van der Waals surface area contributed by atoms with E-state index in [1.165, 1.54) is 87.9 Å². The van der Waals surface area contributed by atoms with Crippen LogP contribution in [0.15, 0.2) is 18.7 Å². The quantitative estimate of drug-likeness (QED) is 0.117. The van der Waals surface area contributed by atoms with Gasteiger partial charge in [-0.1, -0.05) is 81.6 Å². The van der Waals surface area contributed by atoms with Crippen LogP contribution in [0.25, 0.3) is 0 Å². The van der Waals surface area contributed by atoms with Crippen molar-refractivity contribution in [3.63, 3.8) is 0 Å². The summed E-state index contributed by atoms with van der Waals surface area (Å²) >= 11 is 0. The van der Waals surface area contributed by atoms with Crippen LogP contribution in [0.4, 0.5) is 9.59 Å². The second kappa shape index (κ2) is 25.5. The summed E-state index contributed by atoms with van der Waals surface area (Å²) in [6.07, 6.45) is 28.4. The van der Waals surface area contributed by atoms with Gasteiger partial charge in [0, 0.05) is 25.0 Å². The lowest BCUT2D eigenvalue weighted by atomic mass is 9.41. The Bertz CT molecular complexity index is 2120. The van der Waals surface area contributed by atoms with Crippen LogP contribution in [-0.2, 0) is 9.47 Å². The predicted molar refractivity (Wildman–Crippen MR) is 310 cm³/mol. The molecule has 2 aliphatic heterocycles. The molecular weight excluding hydrogens is 993 g/mol. The van der Waals surface area contributed by atoms with Crippen molar-refractivity contribution < 1.29 is 44.6 Å². The number of carbonyl (C=O) groups is 2. The third-order valence-corrected chi connectivity index (χ3v) is 26.1. The van der Waals surface area contributed by atoms with Crippen molar-refractivity contribution in [1.29, 1.82) is 0 Å². The lowest BCUT2D eigenvalue weighted by Gasteiger charge is -2.65. The van der Waals surface area contributed by atoms with Crippen molar-refractivity contribution in [2.45, 2.75) is 234 Å². The van der Waals surface area contributed by atoms with E-state index >= 15 is 0 Å². The number of carbonyl (C=O) groups excluding carboxylic acids is 2. The molecule has 1 aromatic heterocycles. The first-order chi connectivity index (χ1) is 37.8. The molecule has 8 aliphatic carbocycles. The van der Waals surface area contributed by atoms with Crippen LogP contribution >= 0.6 is 0 Å². The first-order valence-electron chi connectivity index (χ1n) is 32.9. The summed E-state index contributed by atoms with van der Waals surface area (Å²) in [5.41, 5.74) is 1.17. The van der Waals surface area contributed by atoms with Gasteiger partial charge in [-0.15, -0.1) is 0 Å². The monoisotopic (exact) mass is 1100 g/mol. The molecule has 0 unspecified atom stereocenters. The standard InChI is InChI=1S/C31H53NO5.C30H48N2O3.C5H11NO/c1-5-22-26-17-21(34)10-13-31(26,4)25-11-14-30(3)23(8-9-24(30)27(25)28(22)35)19(2)12-16-37-29(36)32-15-6-7-20(32)18-33;1-6-21-25-17-19(2)9-12-30(25,5)24-10-13-29(4)22(7-8-23(29)26(24)27(21)33)20(3)11-16-35-28(34)32-15-14-31-18-32;7-4-5-2-1-3-6-5/h19-28,33-35H,5-18H2,1-4H3;14-15,18-27,33H,6-13,16-17H2,1-5H3;5-7H,1-4H2/t19-,20-,21-,22-,23-,24+,25+,26+,27+,28-,30-,31-;19-,20-,21-,22-,23+,24+,25+,26+,27-,29-,30-;5-/m111/s1. The minimum absolute atomic E-state index is 0.0145. The molecule has 1 amide bonds. The van der Waals surface area contributed by atoms with Gasteiger partial charge in [-0.3, -0.25) is 0 Å². The molecule has 2 saturated heterocycles. The summed E-state index contributed by atoms with van der Waals surface area (Å²) in [7, 11) is 0. The highest BCUT2D eigenvalue weighted by molar-refractivity contribution is 5.70. The number of aromatic nitrogens is 2. The van der Waals surface area contributed by atoms with Crippen LogP contribution in [0.3, 0.4) is 0 Å². The highest BCUT2D eigenvalue weighted by Gasteiger charge is 2.67. The summed E-state index contributed by atoms with van der Waals surface area (Å²) < 4.78 is 12.6. The van der Waals surface area contributed by atoms with Gasteiger partial charge in [-0.2, -0.15) is 0 Å². The number of hydrogen-bond donors (Lipinski definition) is 6. The highest BCUT2D eigenvalue weighted by atomic mass is 16.6. The SMILES string of the molecule is CC[C@H]1[C@@H](O)[C@@H]2[C@H](CC[C@]3(C)[C@@H]([C@H](C)CCOC(=O)N4CCC[C@@H]4CO)CC[C@@H]23)[C@@]2(C)CC[C@@H](O)C[C@@H]12.CC[C@H]1[C@@H](O)[C@@H]2[C@H](CC[C@]3(C)[C@@H]([C@H](C)CCOC(=O)n4ccnc4)CC[C@@H]23)[C@@]2(C)CC[C@@H](C)C[C@@H]12.OC[C@H]1CCCN1. The summed E-state index contributed by atoms with van der Waals surface area (Å²) in [4.78, 5) is 30.4. The van der Waals surface area contributed by atoms with E-state index in [2.05, 4.69) is 72.6 Å². The Morgan fingerprint density at radius 1 is 0.646 bits per heavy atom. The Hall–Kier alpha value is -2.29. The number of nitrogens with zero attached hydrogens (tertiary/aromatic N) is 3. The van der Waals surface area contributed by atoms with Gasteiger partial charge in [0.2, 0.25) is 0 Å². The van der Waals surface area contributed by atoms with Crippen molar-refractivity contribution in [3.8, 4) is 0 Å². The van der Waals surface area contributed by atoms with E-state index in [1.54, 1.807) is 17.3 Å². The largest absolute Gasteiger partial charge is 0.449 e. The molecule has 10 aliphatic rings. The molecule has 1 aromatic rings. The normalized spacial score (nSPS) is 45.6. The molecule has 24 atom stereocenters. The number of ether oxygens (including phenoxy) is 2. The fourth-order valence-electron chi connectivity index (χ4n) is 21.9. The Morgan fingerprint density at radius 2 is 1.18 bits per heavy atom. The molecule has 0 aromatic carbocycles. The first-order valence-corrected chi connectivity index (χ1v) is 32.9. The van der Waals surface area contributed by atoms with E-state index in [1.807, 2.05) is 0 Å². The Balaban J connectivity index is 0.000000171.